The number of amides is 1. The van der Waals surface area contributed by atoms with E-state index in [1.165, 1.54) is 7.11 Å². The minimum absolute atomic E-state index is 0.0377. The Kier molecular flexibility index (Phi) is 3.72. The fourth-order valence-electron chi connectivity index (χ4n) is 2.19. The molecule has 2 rings (SSSR count). The van der Waals surface area contributed by atoms with Crippen LogP contribution in [-0.2, 0) is 0 Å². The van der Waals surface area contributed by atoms with Crippen LogP contribution in [0.25, 0.3) is 0 Å². The lowest BCUT2D eigenvalue weighted by Crippen LogP contribution is -2.29. The number of ether oxygens (including phenoxy) is 1. The molecule has 18 heavy (non-hydrogen) atoms. The van der Waals surface area contributed by atoms with Crippen LogP contribution in [0.2, 0.25) is 0 Å². The van der Waals surface area contributed by atoms with E-state index in [9.17, 15) is 4.79 Å². The Morgan fingerprint density at radius 2 is 2.39 bits per heavy atom. The van der Waals surface area contributed by atoms with E-state index in [1.54, 1.807) is 23.1 Å². The molecule has 1 aromatic carbocycles. The number of anilines is 1. The van der Waals surface area contributed by atoms with Gasteiger partial charge in [-0.3, -0.25) is 4.79 Å². The number of carbonyl (C=O) groups is 1. The molecule has 1 aromatic rings. The number of carbonyl (C=O) groups excluding carboxylic acids is 1. The summed E-state index contributed by atoms with van der Waals surface area (Å²) in [7, 11) is 1.53. The highest BCUT2D eigenvalue weighted by molar-refractivity contribution is 5.95. The smallest absolute Gasteiger partial charge is 0.254 e. The lowest BCUT2D eigenvalue weighted by Gasteiger charge is -2.17. The van der Waals surface area contributed by atoms with Gasteiger partial charge in [0.1, 0.15) is 5.75 Å². The van der Waals surface area contributed by atoms with Crippen LogP contribution in [0.4, 0.5) is 5.69 Å². The Labute approximate surface area is 106 Å². The van der Waals surface area contributed by atoms with Gasteiger partial charge in [0.2, 0.25) is 0 Å². The highest BCUT2D eigenvalue weighted by Gasteiger charge is 2.26. The molecule has 1 aliphatic rings. The number of nitrogen functional groups attached to an aromatic ring is 1. The molecular weight excluding hydrogens is 232 g/mol. The summed E-state index contributed by atoms with van der Waals surface area (Å²) in [5.74, 6) is 0.674. The monoisotopic (exact) mass is 250 g/mol. The number of nitrogens with zero attached hydrogens (tertiary/aromatic N) is 1. The fraction of sp³-hybridized carbons (Fsp3) is 0.462. The summed E-state index contributed by atoms with van der Waals surface area (Å²) in [5, 5.41) is 9.08. The zero-order valence-electron chi connectivity index (χ0n) is 10.4. The van der Waals surface area contributed by atoms with Gasteiger partial charge in [-0.15, -0.1) is 0 Å². The first-order chi connectivity index (χ1) is 8.65. The normalized spacial score (nSPS) is 19.0. The van der Waals surface area contributed by atoms with E-state index in [0.29, 0.717) is 30.1 Å². The second-order valence-electron chi connectivity index (χ2n) is 4.55. The van der Waals surface area contributed by atoms with Crippen molar-refractivity contribution in [3.8, 4) is 5.75 Å². The number of rotatable bonds is 3. The first-order valence-electron chi connectivity index (χ1n) is 5.99. The molecule has 1 fully saturated rings. The van der Waals surface area contributed by atoms with Gasteiger partial charge in [0.25, 0.3) is 5.91 Å². The van der Waals surface area contributed by atoms with E-state index >= 15 is 0 Å². The first kappa shape index (κ1) is 12.7. The van der Waals surface area contributed by atoms with Crippen molar-refractivity contribution >= 4 is 11.6 Å². The molecule has 98 valence electrons. The number of hydrogen-bond acceptors (Lipinski definition) is 4. The van der Waals surface area contributed by atoms with Crippen LogP contribution in [0.15, 0.2) is 18.2 Å². The second kappa shape index (κ2) is 5.27. The van der Waals surface area contributed by atoms with Gasteiger partial charge in [-0.25, -0.2) is 0 Å². The number of likely N-dealkylation sites (tertiary alicyclic amines) is 1. The molecule has 5 nitrogen and oxygen atoms in total. The summed E-state index contributed by atoms with van der Waals surface area (Å²) in [4.78, 5) is 14.0. The van der Waals surface area contributed by atoms with Crippen LogP contribution in [0, 0.1) is 5.92 Å². The van der Waals surface area contributed by atoms with E-state index in [4.69, 9.17) is 15.6 Å². The maximum atomic E-state index is 12.2. The summed E-state index contributed by atoms with van der Waals surface area (Å²) >= 11 is 0. The summed E-state index contributed by atoms with van der Waals surface area (Å²) in [6.07, 6.45) is 0.856. The number of nitrogens with two attached hydrogens (primary N) is 1. The minimum Gasteiger partial charge on any atom is -0.495 e. The predicted octanol–water partition coefficient (Wildman–Crippen LogP) is 0.732. The molecule has 1 atom stereocenters. The van der Waals surface area contributed by atoms with Crippen molar-refractivity contribution in [1.82, 2.24) is 4.90 Å². The van der Waals surface area contributed by atoms with Gasteiger partial charge in [-0.1, -0.05) is 0 Å². The summed E-state index contributed by atoms with van der Waals surface area (Å²) in [6, 6.07) is 5.03. The van der Waals surface area contributed by atoms with Crippen LogP contribution >= 0.6 is 0 Å². The number of aliphatic hydroxyl groups is 1. The average molecular weight is 250 g/mol. The molecule has 1 saturated heterocycles. The second-order valence-corrected chi connectivity index (χ2v) is 4.55. The lowest BCUT2D eigenvalue weighted by atomic mass is 10.1. The zero-order chi connectivity index (χ0) is 13.1. The molecule has 1 heterocycles. The highest BCUT2D eigenvalue weighted by atomic mass is 16.5. The molecule has 3 N–H and O–H groups in total. The van der Waals surface area contributed by atoms with Gasteiger partial charge in [0, 0.05) is 31.2 Å². The van der Waals surface area contributed by atoms with Crippen LogP contribution < -0.4 is 10.5 Å². The SMILES string of the molecule is COc1cc(C(=O)N2CCC(CO)C2)ccc1N. The van der Waals surface area contributed by atoms with Crippen LogP contribution in [-0.4, -0.2) is 42.7 Å². The lowest BCUT2D eigenvalue weighted by molar-refractivity contribution is 0.0781. The number of aliphatic hydroxyl groups excluding tert-OH is 1. The number of hydrogen-bond donors (Lipinski definition) is 2. The topological polar surface area (TPSA) is 75.8 Å². The van der Waals surface area contributed by atoms with Crippen molar-refractivity contribution in [2.24, 2.45) is 5.92 Å². The fourth-order valence-corrected chi connectivity index (χ4v) is 2.19. The van der Waals surface area contributed by atoms with Crippen molar-refractivity contribution in [1.29, 1.82) is 0 Å². The van der Waals surface area contributed by atoms with E-state index in [0.717, 1.165) is 6.42 Å². The molecule has 0 saturated carbocycles. The van der Waals surface area contributed by atoms with Gasteiger partial charge in [0.15, 0.2) is 0 Å². The molecule has 1 amide bonds. The summed E-state index contributed by atoms with van der Waals surface area (Å²) < 4.78 is 5.10. The van der Waals surface area contributed by atoms with Gasteiger partial charge in [-0.2, -0.15) is 0 Å². The van der Waals surface area contributed by atoms with Crippen LogP contribution in [0.3, 0.4) is 0 Å². The maximum Gasteiger partial charge on any atom is 0.254 e. The molecule has 0 aromatic heterocycles. The third-order valence-corrected chi connectivity index (χ3v) is 3.31. The van der Waals surface area contributed by atoms with Gasteiger partial charge < -0.3 is 20.5 Å². The minimum atomic E-state index is -0.0377. The molecule has 0 bridgehead atoms. The zero-order valence-corrected chi connectivity index (χ0v) is 10.4. The van der Waals surface area contributed by atoms with E-state index in [2.05, 4.69) is 0 Å². The maximum absolute atomic E-state index is 12.2. The Hall–Kier alpha value is -1.75. The summed E-state index contributed by atoms with van der Waals surface area (Å²) in [6.45, 7) is 1.44. The third-order valence-electron chi connectivity index (χ3n) is 3.31. The van der Waals surface area contributed by atoms with Gasteiger partial charge in [0.05, 0.1) is 12.8 Å². The molecule has 0 aliphatic carbocycles. The standard InChI is InChI=1S/C13H18N2O3/c1-18-12-6-10(2-3-11(12)14)13(17)15-5-4-9(7-15)8-16/h2-3,6,9,16H,4-5,7-8,14H2,1H3. The molecule has 5 heteroatoms. The van der Waals surface area contributed by atoms with Crippen molar-refractivity contribution in [3.63, 3.8) is 0 Å². The van der Waals surface area contributed by atoms with Crippen molar-refractivity contribution in [2.75, 3.05) is 32.5 Å². The van der Waals surface area contributed by atoms with E-state index in [1.807, 2.05) is 0 Å². The van der Waals surface area contributed by atoms with Crippen molar-refractivity contribution < 1.29 is 14.6 Å². The van der Waals surface area contributed by atoms with E-state index in [-0.39, 0.29) is 18.4 Å². The van der Waals surface area contributed by atoms with Crippen LogP contribution in [0.5, 0.6) is 5.75 Å². The van der Waals surface area contributed by atoms with Gasteiger partial charge >= 0.3 is 0 Å². The highest BCUT2D eigenvalue weighted by Crippen LogP contribution is 2.24. The Morgan fingerprint density at radius 3 is 3.00 bits per heavy atom. The number of benzene rings is 1. The summed E-state index contributed by atoms with van der Waals surface area (Å²) in [5.41, 5.74) is 6.80. The molecule has 0 spiro atoms. The van der Waals surface area contributed by atoms with Crippen LogP contribution in [0.1, 0.15) is 16.8 Å². The van der Waals surface area contributed by atoms with Gasteiger partial charge in [-0.05, 0) is 24.6 Å². The predicted molar refractivity (Wildman–Crippen MR) is 68.5 cm³/mol. The molecule has 1 aliphatic heterocycles. The van der Waals surface area contributed by atoms with Crippen molar-refractivity contribution in [2.45, 2.75) is 6.42 Å². The Balaban J connectivity index is 2.14. The van der Waals surface area contributed by atoms with Crippen molar-refractivity contribution in [3.05, 3.63) is 23.8 Å². The molecular formula is C13H18N2O3. The van der Waals surface area contributed by atoms with E-state index < -0.39 is 0 Å². The Morgan fingerprint density at radius 1 is 1.61 bits per heavy atom. The largest absolute Gasteiger partial charge is 0.495 e. The third kappa shape index (κ3) is 2.41. The quantitative estimate of drug-likeness (QED) is 0.775. The Bertz CT molecular complexity index is 448. The first-order valence-corrected chi connectivity index (χ1v) is 5.99. The molecule has 1 unspecified atom stereocenters. The average Bonchev–Trinajstić information content (AvgIpc) is 2.87. The number of methoxy groups -OCH3 is 1. The molecule has 0 radical (unpaired) electrons.